The van der Waals surface area contributed by atoms with Crippen molar-refractivity contribution in [2.24, 2.45) is 0 Å². The lowest BCUT2D eigenvalue weighted by atomic mass is 9.89. The number of anilines is 1. The number of aryl methyl sites for hydroxylation is 1. The van der Waals surface area contributed by atoms with Gasteiger partial charge in [-0.3, -0.25) is 9.52 Å². The molecule has 1 heterocycles. The number of carbonyl (C=O) groups excluding carboxylic acids is 1. The van der Waals surface area contributed by atoms with Crippen LogP contribution in [0.25, 0.3) is 0 Å². The first-order chi connectivity index (χ1) is 16.8. The Morgan fingerprint density at radius 2 is 1.77 bits per heavy atom. The van der Waals surface area contributed by atoms with E-state index < -0.39 is 21.6 Å². The molecule has 1 N–H and O–H groups in total. The number of amides is 1. The molecule has 0 radical (unpaired) electrons. The highest BCUT2D eigenvalue weighted by Crippen LogP contribution is 2.29. The van der Waals surface area contributed by atoms with Crippen molar-refractivity contribution in [3.8, 4) is 6.07 Å². The van der Waals surface area contributed by atoms with Gasteiger partial charge >= 0.3 is 0 Å². The number of nitrogens with zero attached hydrogens (tertiary/aromatic N) is 2. The molecule has 0 spiro atoms. The fourth-order valence-corrected chi connectivity index (χ4v) is 5.59. The summed E-state index contributed by atoms with van der Waals surface area (Å²) in [6.45, 7) is 2.93. The molecule has 0 bridgehead atoms. The number of piperidine rings is 1. The molecule has 1 saturated heterocycles. The van der Waals surface area contributed by atoms with Gasteiger partial charge in [0.1, 0.15) is 5.82 Å². The summed E-state index contributed by atoms with van der Waals surface area (Å²) in [6.07, 6.45) is 1.62. The van der Waals surface area contributed by atoms with E-state index >= 15 is 0 Å². The molecule has 0 aromatic heterocycles. The van der Waals surface area contributed by atoms with Crippen LogP contribution in [-0.2, 0) is 15.8 Å². The predicted molar refractivity (Wildman–Crippen MR) is 133 cm³/mol. The maximum absolute atomic E-state index is 13.9. The maximum atomic E-state index is 13.9. The van der Waals surface area contributed by atoms with Crippen molar-refractivity contribution in [1.82, 2.24) is 4.90 Å². The van der Waals surface area contributed by atoms with Gasteiger partial charge in [-0.05, 0) is 67.1 Å². The third kappa shape index (κ3) is 5.87. The molecule has 4 rings (SSSR count). The van der Waals surface area contributed by atoms with Crippen molar-refractivity contribution in [2.75, 3.05) is 17.8 Å². The standard InChI is InChI=1S/C27H26FN3O3S/c1-19-6-9-23(16-26(19)30-35(33,34)18-24-4-2-3-5-25(24)28)27(32)31-14-12-22(13-15-31)21-10-7-20(17-29)8-11-21/h2-11,16,22,30H,12-15,18H2,1H3. The topological polar surface area (TPSA) is 90.3 Å². The van der Waals surface area contributed by atoms with Crippen LogP contribution in [0, 0.1) is 24.1 Å². The van der Waals surface area contributed by atoms with E-state index in [-0.39, 0.29) is 11.5 Å². The quantitative estimate of drug-likeness (QED) is 0.527. The molecule has 3 aromatic carbocycles. The number of halogens is 1. The highest BCUT2D eigenvalue weighted by molar-refractivity contribution is 7.91. The van der Waals surface area contributed by atoms with Gasteiger partial charge in [-0.2, -0.15) is 5.26 Å². The molecule has 1 amide bonds. The summed E-state index contributed by atoms with van der Waals surface area (Å²) in [4.78, 5) is 14.9. The van der Waals surface area contributed by atoms with Gasteiger partial charge in [0.15, 0.2) is 0 Å². The second kappa shape index (κ2) is 10.3. The van der Waals surface area contributed by atoms with Crippen molar-refractivity contribution in [1.29, 1.82) is 5.26 Å². The normalized spacial score (nSPS) is 14.4. The number of hydrogen-bond acceptors (Lipinski definition) is 4. The fraction of sp³-hybridized carbons (Fsp3) is 0.259. The Morgan fingerprint density at radius 3 is 2.43 bits per heavy atom. The lowest BCUT2D eigenvalue weighted by Gasteiger charge is -2.32. The van der Waals surface area contributed by atoms with Crippen molar-refractivity contribution < 1.29 is 17.6 Å². The molecule has 180 valence electrons. The number of sulfonamides is 1. The minimum atomic E-state index is -3.88. The lowest BCUT2D eigenvalue weighted by Crippen LogP contribution is -2.38. The molecule has 8 heteroatoms. The Labute approximate surface area is 205 Å². The Hall–Kier alpha value is -3.70. The number of nitrogens with one attached hydrogen (secondary N) is 1. The monoisotopic (exact) mass is 491 g/mol. The lowest BCUT2D eigenvalue weighted by molar-refractivity contribution is 0.0713. The molecule has 1 aliphatic rings. The zero-order chi connectivity index (χ0) is 25.0. The molecule has 0 unspecified atom stereocenters. The number of rotatable bonds is 6. The van der Waals surface area contributed by atoms with E-state index in [1.807, 2.05) is 24.3 Å². The van der Waals surface area contributed by atoms with Crippen LogP contribution in [0.4, 0.5) is 10.1 Å². The summed E-state index contributed by atoms with van der Waals surface area (Å²) in [5.41, 5.74) is 3.24. The predicted octanol–water partition coefficient (Wildman–Crippen LogP) is 4.97. The van der Waals surface area contributed by atoms with Crippen LogP contribution in [0.15, 0.2) is 66.7 Å². The van der Waals surface area contributed by atoms with Gasteiger partial charge in [-0.15, -0.1) is 0 Å². The van der Waals surface area contributed by atoms with Crippen LogP contribution in [-0.4, -0.2) is 32.3 Å². The SMILES string of the molecule is Cc1ccc(C(=O)N2CCC(c3ccc(C#N)cc3)CC2)cc1NS(=O)(=O)Cc1ccccc1F. The summed E-state index contributed by atoms with van der Waals surface area (Å²) in [6, 6.07) is 20.4. The summed E-state index contributed by atoms with van der Waals surface area (Å²) < 4.78 is 41.8. The molecular weight excluding hydrogens is 465 g/mol. The van der Waals surface area contributed by atoms with Crippen LogP contribution in [0.1, 0.15) is 51.4 Å². The number of nitriles is 1. The van der Waals surface area contributed by atoms with Gasteiger partial charge in [0, 0.05) is 24.2 Å². The Bertz CT molecular complexity index is 1370. The first-order valence-corrected chi connectivity index (χ1v) is 13.0. The molecule has 1 aliphatic heterocycles. The van der Waals surface area contributed by atoms with Gasteiger partial charge in [0.25, 0.3) is 5.91 Å². The summed E-state index contributed by atoms with van der Waals surface area (Å²) >= 11 is 0. The number of likely N-dealkylation sites (tertiary alicyclic amines) is 1. The summed E-state index contributed by atoms with van der Waals surface area (Å²) in [5.74, 6) is -0.911. The average Bonchev–Trinajstić information content (AvgIpc) is 2.86. The molecule has 0 aliphatic carbocycles. The van der Waals surface area contributed by atoms with E-state index in [0.717, 1.165) is 18.4 Å². The van der Waals surface area contributed by atoms with E-state index in [1.54, 1.807) is 36.1 Å². The number of carbonyl (C=O) groups is 1. The Morgan fingerprint density at radius 1 is 1.09 bits per heavy atom. The fourth-order valence-electron chi connectivity index (χ4n) is 4.32. The molecule has 0 atom stereocenters. The van der Waals surface area contributed by atoms with Crippen LogP contribution in [0.2, 0.25) is 0 Å². The van der Waals surface area contributed by atoms with E-state index in [9.17, 15) is 17.6 Å². The second-order valence-electron chi connectivity index (χ2n) is 8.78. The smallest absolute Gasteiger partial charge is 0.253 e. The van der Waals surface area contributed by atoms with Crippen LogP contribution >= 0.6 is 0 Å². The van der Waals surface area contributed by atoms with E-state index in [0.29, 0.717) is 41.4 Å². The minimum absolute atomic E-state index is 0.0787. The molecule has 0 saturated carbocycles. The molecular formula is C27H26FN3O3S. The first-order valence-electron chi connectivity index (χ1n) is 11.4. The van der Waals surface area contributed by atoms with E-state index in [1.165, 1.54) is 18.2 Å². The Balaban J connectivity index is 1.43. The summed E-state index contributed by atoms with van der Waals surface area (Å²) in [7, 11) is -3.88. The molecule has 6 nitrogen and oxygen atoms in total. The van der Waals surface area contributed by atoms with Crippen LogP contribution in [0.3, 0.4) is 0 Å². The number of hydrogen-bond donors (Lipinski definition) is 1. The van der Waals surface area contributed by atoms with Crippen molar-refractivity contribution in [2.45, 2.75) is 31.4 Å². The van der Waals surface area contributed by atoms with Gasteiger partial charge < -0.3 is 4.90 Å². The third-order valence-corrected chi connectivity index (χ3v) is 7.57. The third-order valence-electron chi connectivity index (χ3n) is 6.35. The largest absolute Gasteiger partial charge is 0.339 e. The minimum Gasteiger partial charge on any atom is -0.339 e. The maximum Gasteiger partial charge on any atom is 0.253 e. The van der Waals surface area contributed by atoms with Gasteiger partial charge in [0.2, 0.25) is 10.0 Å². The zero-order valence-corrected chi connectivity index (χ0v) is 20.2. The Kier molecular flexibility index (Phi) is 7.17. The highest BCUT2D eigenvalue weighted by atomic mass is 32.2. The first kappa shape index (κ1) is 24.4. The van der Waals surface area contributed by atoms with E-state index in [2.05, 4.69) is 10.8 Å². The second-order valence-corrected chi connectivity index (χ2v) is 10.5. The van der Waals surface area contributed by atoms with Crippen LogP contribution < -0.4 is 4.72 Å². The molecule has 3 aromatic rings. The van der Waals surface area contributed by atoms with Crippen molar-refractivity contribution in [3.05, 3.63) is 100 Å². The van der Waals surface area contributed by atoms with Crippen molar-refractivity contribution in [3.63, 3.8) is 0 Å². The summed E-state index contributed by atoms with van der Waals surface area (Å²) in [5, 5.41) is 8.97. The average molecular weight is 492 g/mol. The highest BCUT2D eigenvalue weighted by Gasteiger charge is 2.25. The van der Waals surface area contributed by atoms with Crippen LogP contribution in [0.5, 0.6) is 0 Å². The molecule has 1 fully saturated rings. The number of benzene rings is 3. The van der Waals surface area contributed by atoms with Crippen molar-refractivity contribution >= 4 is 21.6 Å². The van der Waals surface area contributed by atoms with Gasteiger partial charge in [-0.1, -0.05) is 36.4 Å². The van der Waals surface area contributed by atoms with E-state index in [4.69, 9.17) is 5.26 Å². The molecule has 35 heavy (non-hydrogen) atoms. The van der Waals surface area contributed by atoms with Gasteiger partial charge in [0.05, 0.1) is 23.1 Å². The zero-order valence-electron chi connectivity index (χ0n) is 19.4. The van der Waals surface area contributed by atoms with Gasteiger partial charge in [-0.25, -0.2) is 12.8 Å².